The maximum atomic E-state index is 11.1. The number of rotatable bonds is 10. The Bertz CT molecular complexity index is 913. The van der Waals surface area contributed by atoms with Gasteiger partial charge >= 0.3 is 15.2 Å². The molecule has 29 heavy (non-hydrogen) atoms. The van der Waals surface area contributed by atoms with E-state index < -0.39 is 15.2 Å². The lowest BCUT2D eigenvalue weighted by Crippen LogP contribution is -2.20. The molecule has 1 aliphatic rings. The van der Waals surface area contributed by atoms with E-state index in [0.717, 1.165) is 17.0 Å². The number of benzene rings is 1. The highest BCUT2D eigenvalue weighted by Gasteiger charge is 2.28. The molecule has 0 fully saturated rings. The highest BCUT2D eigenvalue weighted by molar-refractivity contribution is 7.52. The fourth-order valence-electron chi connectivity index (χ4n) is 3.09. The van der Waals surface area contributed by atoms with Crippen LogP contribution < -0.4 is 5.32 Å². The Labute approximate surface area is 169 Å². The Morgan fingerprint density at radius 1 is 1.00 bits per heavy atom. The van der Waals surface area contributed by atoms with E-state index in [2.05, 4.69) is 10.1 Å². The molecule has 9 nitrogen and oxygen atoms in total. The number of allylic oxidation sites excluding steroid dienone is 3. The second-order valence-corrected chi connectivity index (χ2v) is 10.4. The summed E-state index contributed by atoms with van der Waals surface area (Å²) in [7, 11) is -8.21. The van der Waals surface area contributed by atoms with Crippen LogP contribution in [0.2, 0.25) is 0 Å². The summed E-state index contributed by atoms with van der Waals surface area (Å²) in [5, 5.41) is 3.27. The second kappa shape index (κ2) is 10.3. The highest BCUT2D eigenvalue weighted by atomic mass is 31.2. The van der Waals surface area contributed by atoms with Crippen LogP contribution in [0, 0.1) is 5.92 Å². The first-order valence-corrected chi connectivity index (χ1v) is 12.7. The number of nitrogens with one attached hydrogen (secondary N) is 1. The minimum atomic E-state index is -4.11. The van der Waals surface area contributed by atoms with Gasteiger partial charge in [0.25, 0.3) is 5.71 Å². The molecule has 0 bridgehead atoms. The van der Waals surface area contributed by atoms with Crippen LogP contribution in [0.4, 0.5) is 5.69 Å². The summed E-state index contributed by atoms with van der Waals surface area (Å²) < 4.78 is 22.2. The van der Waals surface area contributed by atoms with Gasteiger partial charge in [0.2, 0.25) is 0 Å². The number of nitrogens with zero attached hydrogens (tertiary/aromatic N) is 2. The van der Waals surface area contributed by atoms with Crippen LogP contribution in [0.3, 0.4) is 0 Å². The predicted molar refractivity (Wildman–Crippen MR) is 111 cm³/mol. The van der Waals surface area contributed by atoms with Gasteiger partial charge in [-0.2, -0.15) is 4.79 Å². The van der Waals surface area contributed by atoms with E-state index in [1.54, 1.807) is 6.08 Å². The smallest absolute Gasteiger partial charge is 0.325 e. The molecule has 1 aromatic rings. The maximum Gasteiger partial charge on any atom is 0.325 e. The Morgan fingerprint density at radius 2 is 1.62 bits per heavy atom. The minimum Gasteiger partial charge on any atom is -0.361 e. The standard InChI is InChI=1S/C18H25N3O6P2/c19-21-18-13-14(6-4-10-28(22,23)24)17(20-16-8-2-1-3-9-16)12-15(18)7-5-11-29(25,26)27/h1-3,8-9,12-13,15,20H,4-7,10-11H2,(H2,22,23,24)(H2,25,26,27). The van der Waals surface area contributed by atoms with E-state index in [1.165, 1.54) is 0 Å². The first-order chi connectivity index (χ1) is 13.6. The van der Waals surface area contributed by atoms with Crippen molar-refractivity contribution in [1.29, 1.82) is 0 Å². The SMILES string of the molecule is [N-]=[N+]=C1C=C(CCCP(=O)(O)O)C(Nc2ccccc2)=CC1CCCP(=O)(O)O. The molecule has 1 unspecified atom stereocenters. The van der Waals surface area contributed by atoms with Crippen molar-refractivity contribution < 1.29 is 33.5 Å². The molecule has 0 heterocycles. The lowest BCUT2D eigenvalue weighted by molar-refractivity contribution is -0.00958. The molecular formula is C18H25N3O6P2. The van der Waals surface area contributed by atoms with Crippen molar-refractivity contribution in [3.8, 4) is 0 Å². The van der Waals surface area contributed by atoms with E-state index in [0.29, 0.717) is 18.6 Å². The van der Waals surface area contributed by atoms with Gasteiger partial charge in [0.15, 0.2) is 0 Å². The maximum absolute atomic E-state index is 11.1. The van der Waals surface area contributed by atoms with Gasteiger partial charge in [0.1, 0.15) is 0 Å². The molecule has 1 aliphatic carbocycles. The normalized spacial score (nSPS) is 17.4. The summed E-state index contributed by atoms with van der Waals surface area (Å²) in [6.45, 7) is 0. The van der Waals surface area contributed by atoms with Crippen molar-refractivity contribution in [2.24, 2.45) is 5.92 Å². The van der Waals surface area contributed by atoms with Gasteiger partial charge in [-0.15, -0.1) is 0 Å². The zero-order chi connectivity index (χ0) is 21.5. The van der Waals surface area contributed by atoms with Crippen LogP contribution in [-0.4, -0.2) is 42.4 Å². The van der Waals surface area contributed by atoms with Gasteiger partial charge in [-0.25, -0.2) is 0 Å². The van der Waals surface area contributed by atoms with Gasteiger partial charge in [0, 0.05) is 23.6 Å². The van der Waals surface area contributed by atoms with Crippen molar-refractivity contribution in [1.82, 2.24) is 0 Å². The van der Waals surface area contributed by atoms with Crippen LogP contribution in [0.1, 0.15) is 25.7 Å². The molecule has 0 radical (unpaired) electrons. The third-order valence-electron chi connectivity index (χ3n) is 4.44. The molecule has 0 aliphatic heterocycles. The topological polar surface area (TPSA) is 163 Å². The van der Waals surface area contributed by atoms with Crippen molar-refractivity contribution in [3.63, 3.8) is 0 Å². The van der Waals surface area contributed by atoms with Gasteiger partial charge in [-0.3, -0.25) is 9.13 Å². The summed E-state index contributed by atoms with van der Waals surface area (Å²) in [5.74, 6) is -0.344. The Balaban J connectivity index is 2.21. The van der Waals surface area contributed by atoms with Crippen molar-refractivity contribution in [2.45, 2.75) is 25.7 Å². The van der Waals surface area contributed by atoms with Crippen molar-refractivity contribution in [2.75, 3.05) is 17.6 Å². The molecule has 2 rings (SSSR count). The molecule has 0 amide bonds. The van der Waals surface area contributed by atoms with E-state index in [9.17, 15) is 14.7 Å². The molecule has 5 N–H and O–H groups in total. The third kappa shape index (κ3) is 8.60. The average Bonchev–Trinajstić information content (AvgIpc) is 2.62. The molecule has 0 saturated heterocycles. The van der Waals surface area contributed by atoms with Crippen molar-refractivity contribution >= 4 is 26.6 Å². The van der Waals surface area contributed by atoms with Gasteiger partial charge in [-0.05, 0) is 49.5 Å². The summed E-state index contributed by atoms with van der Waals surface area (Å²) in [4.78, 5) is 39.6. The predicted octanol–water partition coefficient (Wildman–Crippen LogP) is 3.13. The number of para-hydroxylation sites is 1. The lowest BCUT2D eigenvalue weighted by Gasteiger charge is -2.21. The molecule has 11 heteroatoms. The summed E-state index contributed by atoms with van der Waals surface area (Å²) >= 11 is 0. The molecule has 0 saturated carbocycles. The fraction of sp³-hybridized carbons (Fsp3) is 0.389. The van der Waals surface area contributed by atoms with E-state index in [1.807, 2.05) is 36.4 Å². The molecule has 0 aromatic heterocycles. The van der Waals surface area contributed by atoms with Crippen LogP contribution in [0.15, 0.2) is 53.8 Å². The molecule has 1 atom stereocenters. The number of hydrogen-bond donors (Lipinski definition) is 5. The molecule has 158 valence electrons. The quantitative estimate of drug-likeness (QED) is 0.211. The Morgan fingerprint density at radius 3 is 2.21 bits per heavy atom. The van der Waals surface area contributed by atoms with Crippen molar-refractivity contribution in [3.05, 3.63) is 59.3 Å². The first-order valence-electron chi connectivity index (χ1n) is 9.13. The highest BCUT2D eigenvalue weighted by Crippen LogP contribution is 2.38. The third-order valence-corrected chi connectivity index (χ3v) is 6.24. The largest absolute Gasteiger partial charge is 0.361 e. The zero-order valence-corrected chi connectivity index (χ0v) is 17.5. The summed E-state index contributed by atoms with van der Waals surface area (Å²) in [6, 6.07) is 9.33. The minimum absolute atomic E-state index is 0.250. The van der Waals surface area contributed by atoms with Crippen LogP contribution in [-0.2, 0) is 9.13 Å². The van der Waals surface area contributed by atoms with Crippen LogP contribution in [0.25, 0.3) is 5.53 Å². The van der Waals surface area contributed by atoms with Gasteiger partial charge in [-0.1, -0.05) is 18.2 Å². The molecule has 1 aromatic carbocycles. The van der Waals surface area contributed by atoms with Crippen LogP contribution in [0.5, 0.6) is 0 Å². The zero-order valence-electron chi connectivity index (χ0n) is 15.8. The lowest BCUT2D eigenvalue weighted by atomic mass is 9.87. The fourth-order valence-corrected chi connectivity index (χ4v) is 4.25. The monoisotopic (exact) mass is 441 g/mol. The van der Waals surface area contributed by atoms with E-state index in [4.69, 9.17) is 19.6 Å². The average molecular weight is 441 g/mol. The second-order valence-electron chi connectivity index (χ2n) is 6.89. The summed E-state index contributed by atoms with van der Waals surface area (Å²) in [5.41, 5.74) is 12.0. The van der Waals surface area contributed by atoms with E-state index in [-0.39, 0.29) is 31.1 Å². The Hall–Kier alpha value is -1.82. The number of anilines is 1. The Kier molecular flexibility index (Phi) is 8.32. The van der Waals surface area contributed by atoms with Crippen LogP contribution >= 0.6 is 15.2 Å². The van der Waals surface area contributed by atoms with Gasteiger partial charge < -0.3 is 30.4 Å². The molecule has 0 spiro atoms. The molecular weight excluding hydrogens is 416 g/mol. The van der Waals surface area contributed by atoms with E-state index >= 15 is 0 Å². The number of hydrogen-bond acceptors (Lipinski definition) is 3. The summed E-state index contributed by atoms with van der Waals surface area (Å²) in [6.07, 6.45) is 4.25. The van der Waals surface area contributed by atoms with Gasteiger partial charge in [0.05, 0.1) is 12.1 Å². The first kappa shape index (κ1) is 23.5.